The van der Waals surface area contributed by atoms with E-state index < -0.39 is 36.2 Å². The fraction of sp³-hybridized carbons (Fsp3) is 0.467. The zero-order valence-electron chi connectivity index (χ0n) is 24.5. The average molecular weight is 631 g/mol. The van der Waals surface area contributed by atoms with Crippen molar-refractivity contribution < 1.29 is 37.5 Å². The Labute approximate surface area is 257 Å². The number of alkyl halides is 3. The minimum Gasteiger partial charge on any atom is -0.542 e. The molecule has 3 amide bonds. The lowest BCUT2D eigenvalue weighted by atomic mass is 9.93. The molecule has 0 unspecified atom stereocenters. The minimum absolute atomic E-state index is 0.0794. The van der Waals surface area contributed by atoms with E-state index in [1.54, 1.807) is 11.8 Å². The van der Waals surface area contributed by atoms with Crippen LogP contribution in [-0.4, -0.2) is 65.5 Å². The summed E-state index contributed by atoms with van der Waals surface area (Å²) in [6.45, 7) is 1.87. The van der Waals surface area contributed by atoms with Crippen molar-refractivity contribution in [2.75, 3.05) is 6.54 Å². The second kappa shape index (κ2) is 15.9. The molecule has 15 heteroatoms. The highest BCUT2D eigenvalue weighted by molar-refractivity contribution is 5.94. The number of nitrogens with two attached hydrogens (primary N) is 1. The number of nitrogens with zero attached hydrogens (tertiary/aromatic N) is 4. The monoisotopic (exact) mass is 630 g/mol. The molecule has 5 atom stereocenters. The molecule has 0 radical (unpaired) electrons. The van der Waals surface area contributed by atoms with Gasteiger partial charge in [0.2, 0.25) is 17.7 Å². The van der Waals surface area contributed by atoms with Crippen LogP contribution in [0.3, 0.4) is 0 Å². The zero-order valence-corrected chi connectivity index (χ0v) is 24.5. The molecule has 0 aliphatic carbocycles. The Balaban J connectivity index is 0.000000707. The number of rotatable bonds is 9. The van der Waals surface area contributed by atoms with Crippen LogP contribution in [0.4, 0.5) is 13.2 Å². The Morgan fingerprint density at radius 1 is 1.04 bits per heavy atom. The number of hydrogen-bond donors (Lipinski definition) is 3. The summed E-state index contributed by atoms with van der Waals surface area (Å²) in [7, 11) is 0. The van der Waals surface area contributed by atoms with Crippen LogP contribution >= 0.6 is 0 Å². The fourth-order valence-electron chi connectivity index (χ4n) is 5.54. The van der Waals surface area contributed by atoms with Crippen LogP contribution in [0.5, 0.6) is 0 Å². The first-order chi connectivity index (χ1) is 21.4. The Morgan fingerprint density at radius 3 is 2.07 bits per heavy atom. The molecule has 4 rings (SSSR count). The third-order valence-corrected chi connectivity index (χ3v) is 7.91. The Bertz CT molecular complexity index is 1330. The summed E-state index contributed by atoms with van der Waals surface area (Å²) < 4.78 is 31.5. The SMILES string of the molecule is CC[C@H](N)C(=O)N[C@@H]1C(=O)N2[C@@H](CC[C@@H]1CN=[N+]=[N-])CC[C@H]2C(=O)NC(c1ccccc1)c1ccccc1.O=C([O-])C(F)(F)F. The maximum absolute atomic E-state index is 13.9. The maximum Gasteiger partial charge on any atom is 0.430 e. The summed E-state index contributed by atoms with van der Waals surface area (Å²) >= 11 is 0. The second-order valence-corrected chi connectivity index (χ2v) is 10.8. The Hall–Kier alpha value is -4.62. The number of halogens is 3. The van der Waals surface area contributed by atoms with Gasteiger partial charge in [0.25, 0.3) is 0 Å². The van der Waals surface area contributed by atoms with E-state index >= 15 is 0 Å². The number of benzene rings is 2. The lowest BCUT2D eigenvalue weighted by molar-refractivity contribution is -0.344. The average Bonchev–Trinajstić information content (AvgIpc) is 3.41. The number of carbonyl (C=O) groups is 4. The molecule has 2 fully saturated rings. The molecule has 4 N–H and O–H groups in total. The second-order valence-electron chi connectivity index (χ2n) is 10.8. The first kappa shape index (κ1) is 34.9. The predicted molar refractivity (Wildman–Crippen MR) is 155 cm³/mol. The highest BCUT2D eigenvalue weighted by Crippen LogP contribution is 2.35. The van der Waals surface area contributed by atoms with Gasteiger partial charge in [0.15, 0.2) is 0 Å². The number of aliphatic carboxylic acids is 1. The number of hydrogen-bond acceptors (Lipinski definition) is 7. The first-order valence-electron chi connectivity index (χ1n) is 14.5. The van der Waals surface area contributed by atoms with E-state index in [4.69, 9.17) is 21.2 Å². The summed E-state index contributed by atoms with van der Waals surface area (Å²) in [5.74, 6) is -4.36. The summed E-state index contributed by atoms with van der Waals surface area (Å²) in [6.07, 6.45) is -2.30. The highest BCUT2D eigenvalue weighted by Gasteiger charge is 2.47. The predicted octanol–water partition coefficient (Wildman–Crippen LogP) is 2.49. The molecule has 2 aliphatic heterocycles. The smallest absolute Gasteiger partial charge is 0.430 e. The fourth-order valence-corrected chi connectivity index (χ4v) is 5.54. The van der Waals surface area contributed by atoms with Crippen LogP contribution in [0.2, 0.25) is 0 Å². The summed E-state index contributed by atoms with van der Waals surface area (Å²) in [4.78, 5) is 53.7. The molecule has 2 saturated heterocycles. The first-order valence-corrected chi connectivity index (χ1v) is 14.5. The van der Waals surface area contributed by atoms with Gasteiger partial charge in [0, 0.05) is 17.5 Å². The number of carboxylic acid groups (broad SMARTS) is 1. The molecule has 0 aromatic heterocycles. The van der Waals surface area contributed by atoms with Gasteiger partial charge in [-0.3, -0.25) is 14.4 Å². The molecule has 0 saturated carbocycles. The molecule has 2 heterocycles. The van der Waals surface area contributed by atoms with Gasteiger partial charge in [0.1, 0.15) is 18.1 Å². The van der Waals surface area contributed by atoms with Crippen molar-refractivity contribution in [2.45, 2.75) is 75.4 Å². The minimum atomic E-state index is -5.19. The quantitative estimate of drug-likeness (QED) is 0.216. The summed E-state index contributed by atoms with van der Waals surface area (Å²) in [5.41, 5.74) is 16.7. The van der Waals surface area contributed by atoms with Crippen molar-refractivity contribution in [3.05, 3.63) is 82.2 Å². The van der Waals surface area contributed by atoms with E-state index in [0.29, 0.717) is 32.1 Å². The molecular weight excluding hydrogens is 595 g/mol. The largest absolute Gasteiger partial charge is 0.542 e. The molecule has 2 aromatic carbocycles. The normalized spacial score (nSPS) is 21.7. The third kappa shape index (κ3) is 9.19. The van der Waals surface area contributed by atoms with Gasteiger partial charge in [-0.05, 0) is 54.7 Å². The van der Waals surface area contributed by atoms with Gasteiger partial charge in [-0.25, -0.2) is 0 Å². The van der Waals surface area contributed by atoms with Crippen LogP contribution in [0, 0.1) is 5.92 Å². The van der Waals surface area contributed by atoms with E-state index in [1.165, 1.54) is 0 Å². The third-order valence-electron chi connectivity index (χ3n) is 7.91. The molecular formula is C30H35F3N7O5-. The van der Waals surface area contributed by atoms with Crippen molar-refractivity contribution in [3.8, 4) is 0 Å². The topological polar surface area (TPSA) is 193 Å². The lowest BCUT2D eigenvalue weighted by Crippen LogP contribution is -2.58. The molecule has 12 nitrogen and oxygen atoms in total. The van der Waals surface area contributed by atoms with Crippen LogP contribution in [-0.2, 0) is 19.2 Å². The van der Waals surface area contributed by atoms with Gasteiger partial charge in [-0.15, -0.1) is 0 Å². The van der Waals surface area contributed by atoms with Crippen LogP contribution in [0.1, 0.15) is 56.2 Å². The van der Waals surface area contributed by atoms with E-state index in [1.807, 2.05) is 60.7 Å². The highest BCUT2D eigenvalue weighted by atomic mass is 19.4. The van der Waals surface area contributed by atoms with E-state index in [0.717, 1.165) is 11.1 Å². The molecule has 45 heavy (non-hydrogen) atoms. The number of carbonyl (C=O) groups excluding carboxylic acids is 4. The van der Waals surface area contributed by atoms with Gasteiger partial charge in [0.05, 0.1) is 12.1 Å². The van der Waals surface area contributed by atoms with Crippen LogP contribution in [0.15, 0.2) is 65.8 Å². The van der Waals surface area contributed by atoms with Gasteiger partial charge < -0.3 is 31.2 Å². The van der Waals surface area contributed by atoms with E-state index in [9.17, 15) is 27.6 Å². The van der Waals surface area contributed by atoms with Crippen molar-refractivity contribution >= 4 is 23.7 Å². The van der Waals surface area contributed by atoms with Crippen molar-refractivity contribution in [3.63, 3.8) is 0 Å². The number of carboxylic acids is 1. The Kier molecular flexibility index (Phi) is 12.3. The van der Waals surface area contributed by atoms with Gasteiger partial charge in [-0.2, -0.15) is 13.2 Å². The van der Waals surface area contributed by atoms with E-state index in [-0.39, 0.29) is 36.4 Å². The molecule has 0 spiro atoms. The van der Waals surface area contributed by atoms with Crippen LogP contribution in [0.25, 0.3) is 10.4 Å². The van der Waals surface area contributed by atoms with Gasteiger partial charge in [-0.1, -0.05) is 72.7 Å². The Morgan fingerprint density at radius 2 is 1.58 bits per heavy atom. The zero-order chi connectivity index (χ0) is 33.1. The van der Waals surface area contributed by atoms with Crippen molar-refractivity contribution in [1.29, 1.82) is 0 Å². The molecule has 242 valence electrons. The van der Waals surface area contributed by atoms with E-state index in [2.05, 4.69) is 20.7 Å². The lowest BCUT2D eigenvalue weighted by Gasteiger charge is -2.33. The maximum atomic E-state index is 13.9. The number of azide groups is 1. The molecule has 2 aliphatic rings. The number of nitrogens with one attached hydrogen (secondary N) is 2. The molecule has 0 bridgehead atoms. The summed E-state index contributed by atoms with van der Waals surface area (Å²) in [6, 6.07) is 16.6. The van der Waals surface area contributed by atoms with Gasteiger partial charge >= 0.3 is 6.18 Å². The standard InChI is InChI=1S/C28H35N7O3.C2HF3O2/c1-2-22(29)26(36)33-25-20(17-31-34-30)13-14-21-15-16-23(35(21)28(25)38)27(37)32-24(18-9-5-3-6-10-18)19-11-7-4-8-12-19;3-2(4,5)1(6)7/h3-12,20-25H,2,13-17,29H2,1H3,(H,32,37)(H,33,36);(H,6,7)/p-1/t20-,21+,22+,23+,25+;/m1./s1. The van der Waals surface area contributed by atoms with Crippen molar-refractivity contribution in [1.82, 2.24) is 15.5 Å². The summed E-state index contributed by atoms with van der Waals surface area (Å²) in [5, 5.41) is 18.5. The number of fused-ring (bicyclic) bond motifs is 1. The number of amides is 3. The van der Waals surface area contributed by atoms with Crippen LogP contribution < -0.4 is 21.5 Å². The van der Waals surface area contributed by atoms with Crippen molar-refractivity contribution in [2.24, 2.45) is 16.8 Å². The molecule has 2 aromatic rings.